The summed E-state index contributed by atoms with van der Waals surface area (Å²) in [4.78, 5) is 0.318. The quantitative estimate of drug-likeness (QED) is 0.376. The van der Waals surface area contributed by atoms with E-state index in [2.05, 4.69) is 36.4 Å². The molecule has 0 amide bonds. The topological polar surface area (TPSA) is 37.4 Å². The van der Waals surface area contributed by atoms with Gasteiger partial charge in [0, 0.05) is 11.5 Å². The number of fused-ring (bicyclic) bond motifs is 4. The van der Waals surface area contributed by atoms with E-state index >= 15 is 0 Å². The molecule has 0 saturated carbocycles. The van der Waals surface area contributed by atoms with E-state index in [1.54, 1.807) is 16.4 Å². The first-order valence-corrected chi connectivity index (χ1v) is 12.6. The minimum atomic E-state index is -3.72. The van der Waals surface area contributed by atoms with Crippen molar-refractivity contribution >= 4 is 21.3 Å². The van der Waals surface area contributed by atoms with E-state index in [0.29, 0.717) is 11.4 Å². The van der Waals surface area contributed by atoms with Crippen molar-refractivity contribution in [1.82, 2.24) is 0 Å². The van der Waals surface area contributed by atoms with Crippen LogP contribution in [-0.2, 0) is 10.0 Å². The summed E-state index contributed by atoms with van der Waals surface area (Å²) in [6.07, 6.45) is 0. The molecule has 4 aromatic rings. The Morgan fingerprint density at radius 1 is 0.727 bits per heavy atom. The highest BCUT2D eigenvalue weighted by atomic mass is 32.2. The third-order valence-electron chi connectivity index (χ3n) is 6.71. The molecule has 1 aliphatic carbocycles. The Kier molecular flexibility index (Phi) is 4.52. The second kappa shape index (κ2) is 7.46. The van der Waals surface area contributed by atoms with Gasteiger partial charge in [0.1, 0.15) is 0 Å². The number of para-hydroxylation sites is 1. The third-order valence-corrected chi connectivity index (χ3v) is 8.48. The first-order chi connectivity index (χ1) is 16.1. The van der Waals surface area contributed by atoms with E-state index in [1.807, 2.05) is 61.5 Å². The van der Waals surface area contributed by atoms with Crippen LogP contribution in [0.4, 0.5) is 5.69 Å². The summed E-state index contributed by atoms with van der Waals surface area (Å²) in [5.74, 6) is 0.0291. The summed E-state index contributed by atoms with van der Waals surface area (Å²) in [7, 11) is -3.72. The van der Waals surface area contributed by atoms with Gasteiger partial charge in [0.05, 0.1) is 17.1 Å². The third kappa shape index (κ3) is 3.05. The van der Waals surface area contributed by atoms with Crippen LogP contribution in [0.25, 0.3) is 5.57 Å². The Balaban J connectivity index is 1.58. The van der Waals surface area contributed by atoms with Gasteiger partial charge in [-0.2, -0.15) is 0 Å². The average Bonchev–Trinajstić information content (AvgIpc) is 3.19. The van der Waals surface area contributed by atoms with Gasteiger partial charge < -0.3 is 0 Å². The number of anilines is 1. The van der Waals surface area contributed by atoms with Crippen LogP contribution in [0.15, 0.2) is 114 Å². The van der Waals surface area contributed by atoms with Crippen molar-refractivity contribution in [3.05, 3.63) is 137 Å². The molecule has 162 valence electrons. The lowest BCUT2D eigenvalue weighted by Gasteiger charge is -2.33. The van der Waals surface area contributed by atoms with Gasteiger partial charge in [-0.3, -0.25) is 4.31 Å². The Labute approximate surface area is 194 Å². The SMILES string of the molecule is Cc1ccc(S(=O)(=O)N2CC3=C(c4ccccc4C3c3ccccc3)c3ccccc32)cc1. The number of hydrogen-bond acceptors (Lipinski definition) is 2. The number of benzene rings is 4. The molecule has 1 aliphatic heterocycles. The highest BCUT2D eigenvalue weighted by Crippen LogP contribution is 2.53. The van der Waals surface area contributed by atoms with Gasteiger partial charge in [-0.05, 0) is 53.0 Å². The van der Waals surface area contributed by atoms with Crippen LogP contribution in [0, 0.1) is 6.92 Å². The highest BCUT2D eigenvalue weighted by molar-refractivity contribution is 7.92. The summed E-state index contributed by atoms with van der Waals surface area (Å²) < 4.78 is 29.3. The lowest BCUT2D eigenvalue weighted by atomic mass is 9.87. The minimum Gasteiger partial charge on any atom is -0.262 e. The molecule has 4 aromatic carbocycles. The molecule has 2 aliphatic rings. The zero-order valence-electron chi connectivity index (χ0n) is 18.3. The van der Waals surface area contributed by atoms with Crippen LogP contribution >= 0.6 is 0 Å². The van der Waals surface area contributed by atoms with E-state index in [9.17, 15) is 8.42 Å². The highest BCUT2D eigenvalue weighted by Gasteiger charge is 2.41. The second-order valence-corrected chi connectivity index (χ2v) is 10.5. The summed E-state index contributed by atoms with van der Waals surface area (Å²) in [6, 6.07) is 33.8. The number of sulfonamides is 1. The molecule has 0 radical (unpaired) electrons. The molecule has 1 heterocycles. The molecule has 0 bridgehead atoms. The van der Waals surface area contributed by atoms with Crippen molar-refractivity contribution in [2.24, 2.45) is 0 Å². The van der Waals surface area contributed by atoms with Crippen LogP contribution in [0.2, 0.25) is 0 Å². The number of aryl methyl sites for hydroxylation is 1. The number of nitrogens with zero attached hydrogens (tertiary/aromatic N) is 1. The van der Waals surface area contributed by atoms with Crippen LogP contribution in [0.5, 0.6) is 0 Å². The molecule has 0 aromatic heterocycles. The molecule has 0 N–H and O–H groups in total. The molecule has 0 spiro atoms. The van der Waals surface area contributed by atoms with Crippen molar-refractivity contribution in [2.75, 3.05) is 10.8 Å². The molecule has 6 rings (SSSR count). The van der Waals surface area contributed by atoms with E-state index in [0.717, 1.165) is 22.4 Å². The predicted octanol–water partition coefficient (Wildman–Crippen LogP) is 6.15. The Morgan fingerprint density at radius 2 is 1.36 bits per heavy atom. The van der Waals surface area contributed by atoms with Crippen LogP contribution < -0.4 is 4.31 Å². The van der Waals surface area contributed by atoms with Gasteiger partial charge in [0.2, 0.25) is 0 Å². The smallest absolute Gasteiger partial charge is 0.262 e. The number of rotatable bonds is 3. The molecule has 0 fully saturated rings. The van der Waals surface area contributed by atoms with Crippen molar-refractivity contribution in [3.8, 4) is 0 Å². The first-order valence-electron chi connectivity index (χ1n) is 11.1. The molecular formula is C29H23NO2S. The Bertz CT molecular complexity index is 1500. The monoisotopic (exact) mass is 449 g/mol. The maximum absolute atomic E-state index is 13.9. The normalized spacial score (nSPS) is 16.9. The fourth-order valence-corrected chi connectivity index (χ4v) is 6.65. The van der Waals surface area contributed by atoms with Crippen molar-refractivity contribution < 1.29 is 8.42 Å². The van der Waals surface area contributed by atoms with Crippen LogP contribution in [-0.4, -0.2) is 15.0 Å². The zero-order valence-corrected chi connectivity index (χ0v) is 19.1. The molecule has 3 nitrogen and oxygen atoms in total. The van der Waals surface area contributed by atoms with Crippen LogP contribution in [0.3, 0.4) is 0 Å². The van der Waals surface area contributed by atoms with Crippen molar-refractivity contribution in [2.45, 2.75) is 17.7 Å². The minimum absolute atomic E-state index is 0.0291. The standard InChI is InChI=1S/C29H23NO2S/c1-20-15-17-22(18-16-20)33(31,32)30-19-26-28(21-9-3-2-4-10-21)23-11-5-6-12-24(23)29(26)25-13-7-8-14-27(25)30/h2-18,28H,19H2,1H3. The molecule has 4 heteroatoms. The molecule has 1 unspecified atom stereocenters. The van der Waals surface area contributed by atoms with Crippen molar-refractivity contribution in [1.29, 1.82) is 0 Å². The van der Waals surface area contributed by atoms with Crippen molar-refractivity contribution in [3.63, 3.8) is 0 Å². The van der Waals surface area contributed by atoms with E-state index in [4.69, 9.17) is 0 Å². The fourth-order valence-electron chi connectivity index (χ4n) is 5.19. The van der Waals surface area contributed by atoms with E-state index in [-0.39, 0.29) is 5.92 Å². The second-order valence-electron chi connectivity index (χ2n) is 8.67. The lowest BCUT2D eigenvalue weighted by Crippen LogP contribution is -2.36. The largest absolute Gasteiger partial charge is 0.264 e. The maximum Gasteiger partial charge on any atom is 0.264 e. The Hall–Kier alpha value is -3.63. The van der Waals surface area contributed by atoms with Gasteiger partial charge in [-0.1, -0.05) is 90.5 Å². The van der Waals surface area contributed by atoms with Gasteiger partial charge in [-0.15, -0.1) is 0 Å². The molecule has 1 atom stereocenters. The average molecular weight is 450 g/mol. The molecule has 33 heavy (non-hydrogen) atoms. The van der Waals surface area contributed by atoms with E-state index in [1.165, 1.54) is 22.3 Å². The van der Waals surface area contributed by atoms with Crippen LogP contribution in [0.1, 0.15) is 33.7 Å². The predicted molar refractivity (Wildman–Crippen MR) is 133 cm³/mol. The van der Waals surface area contributed by atoms with Gasteiger partial charge in [-0.25, -0.2) is 8.42 Å². The fraction of sp³-hybridized carbons (Fsp3) is 0.103. The maximum atomic E-state index is 13.9. The zero-order chi connectivity index (χ0) is 22.6. The number of hydrogen-bond donors (Lipinski definition) is 0. The first kappa shape index (κ1) is 20.0. The Morgan fingerprint density at radius 3 is 2.12 bits per heavy atom. The molecule has 0 saturated heterocycles. The summed E-state index contributed by atoms with van der Waals surface area (Å²) in [5.41, 5.74) is 8.66. The summed E-state index contributed by atoms with van der Waals surface area (Å²) in [6.45, 7) is 2.29. The summed E-state index contributed by atoms with van der Waals surface area (Å²) in [5, 5.41) is 0. The van der Waals surface area contributed by atoms with Gasteiger partial charge in [0.15, 0.2) is 0 Å². The summed E-state index contributed by atoms with van der Waals surface area (Å²) >= 11 is 0. The molecular weight excluding hydrogens is 426 g/mol. The lowest BCUT2D eigenvalue weighted by molar-refractivity contribution is 0.591. The van der Waals surface area contributed by atoms with Gasteiger partial charge >= 0.3 is 0 Å². The van der Waals surface area contributed by atoms with Gasteiger partial charge in [0.25, 0.3) is 10.0 Å². The van der Waals surface area contributed by atoms with E-state index < -0.39 is 10.0 Å².